The summed E-state index contributed by atoms with van der Waals surface area (Å²) in [7, 11) is 2.45. The van der Waals surface area contributed by atoms with Crippen molar-refractivity contribution in [2.45, 2.75) is 12.8 Å². The van der Waals surface area contributed by atoms with E-state index < -0.39 is 47.4 Å². The van der Waals surface area contributed by atoms with Crippen molar-refractivity contribution < 1.29 is 37.4 Å². The Kier molecular flexibility index (Phi) is 3.39. The molecule has 1 saturated heterocycles. The van der Waals surface area contributed by atoms with Gasteiger partial charge in [0, 0.05) is 5.92 Å². The van der Waals surface area contributed by atoms with Crippen LogP contribution < -0.4 is 9.47 Å². The first-order valence-electron chi connectivity index (χ1n) is 10.9. The Bertz CT molecular complexity index is 1090. The lowest BCUT2D eigenvalue weighted by atomic mass is 9.85. The molecule has 1 heterocycles. The second-order valence-corrected chi connectivity index (χ2v) is 5.88. The Hall–Kier alpha value is -2.89. The second kappa shape index (κ2) is 7.56. The van der Waals surface area contributed by atoms with Crippen LogP contribution in [0.1, 0.15) is 19.4 Å². The Balaban J connectivity index is 2.00. The van der Waals surface area contributed by atoms with Crippen LogP contribution in [0.4, 0.5) is 0 Å². The van der Waals surface area contributed by atoms with E-state index in [1.807, 2.05) is 0 Å². The maximum Gasteiger partial charge on any atom is 0.309 e. The number of cyclic esters (lactones) is 1. The number of phenolic OH excluding ortho intramolecular Hbond substituents is 2. The highest BCUT2D eigenvalue weighted by molar-refractivity contribution is 5.75. The third-order valence-corrected chi connectivity index (χ3v) is 4.23. The van der Waals surface area contributed by atoms with E-state index in [1.165, 1.54) is 14.2 Å². The predicted molar refractivity (Wildman–Crippen MR) is 94.7 cm³/mol. The van der Waals surface area contributed by atoms with Gasteiger partial charge >= 0.3 is 5.97 Å². The molecule has 2 aromatic carbocycles. The van der Waals surface area contributed by atoms with Crippen molar-refractivity contribution in [2.75, 3.05) is 20.8 Å². The SMILES string of the molecule is [2H]c1c([2H])c(CC2COC(=O)C2Cc2c([2H])c([2H])c(O)c(OC)c2[2H])c([2H])c(OC)c1O. The zero-order valence-corrected chi connectivity index (χ0v) is 14.3. The van der Waals surface area contributed by atoms with Gasteiger partial charge in [0.2, 0.25) is 0 Å². The van der Waals surface area contributed by atoms with Gasteiger partial charge in [-0.2, -0.15) is 0 Å². The lowest BCUT2D eigenvalue weighted by Gasteiger charge is -2.16. The largest absolute Gasteiger partial charge is 0.504 e. The number of carbonyl (C=O) groups is 1. The number of benzene rings is 2. The molecule has 1 aliphatic heterocycles. The fraction of sp³-hybridized carbons (Fsp3) is 0.350. The Labute approximate surface area is 160 Å². The summed E-state index contributed by atoms with van der Waals surface area (Å²) in [5, 5.41) is 19.9. The number of esters is 1. The highest BCUT2D eigenvalue weighted by Gasteiger charge is 2.37. The van der Waals surface area contributed by atoms with Gasteiger partial charge in [0.1, 0.15) is 0 Å². The number of ether oxygens (including phenoxy) is 3. The molecule has 0 spiro atoms. The number of hydrogen-bond donors (Lipinski definition) is 2. The molecule has 2 atom stereocenters. The topological polar surface area (TPSA) is 85.2 Å². The highest BCUT2D eigenvalue weighted by atomic mass is 16.5. The van der Waals surface area contributed by atoms with Crippen molar-refractivity contribution >= 4 is 5.97 Å². The van der Waals surface area contributed by atoms with E-state index in [4.69, 9.17) is 22.4 Å². The molecule has 0 aromatic heterocycles. The lowest BCUT2D eigenvalue weighted by molar-refractivity contribution is -0.141. The van der Waals surface area contributed by atoms with E-state index in [2.05, 4.69) is 0 Å². The van der Waals surface area contributed by atoms with Gasteiger partial charge in [0.15, 0.2) is 23.0 Å². The summed E-state index contributed by atoms with van der Waals surface area (Å²) in [5.74, 6) is -3.77. The fourth-order valence-corrected chi connectivity index (χ4v) is 2.88. The smallest absolute Gasteiger partial charge is 0.309 e. The van der Waals surface area contributed by atoms with E-state index in [-0.39, 0.29) is 60.2 Å². The summed E-state index contributed by atoms with van der Waals surface area (Å²) in [6.45, 7) is -0.0392. The van der Waals surface area contributed by atoms with E-state index >= 15 is 0 Å². The lowest BCUT2D eigenvalue weighted by Crippen LogP contribution is -2.20. The molecule has 1 fully saturated rings. The summed E-state index contributed by atoms with van der Waals surface area (Å²) in [6.07, 6.45) is -0.159. The molecule has 0 bridgehead atoms. The minimum Gasteiger partial charge on any atom is -0.504 e. The number of rotatable bonds is 6. The highest BCUT2D eigenvalue weighted by Crippen LogP contribution is 2.34. The third kappa shape index (κ3) is 3.69. The summed E-state index contributed by atoms with van der Waals surface area (Å²) < 4.78 is 63.7. The molecule has 6 nitrogen and oxygen atoms in total. The van der Waals surface area contributed by atoms with E-state index in [0.717, 1.165) is 0 Å². The van der Waals surface area contributed by atoms with Gasteiger partial charge in [-0.3, -0.25) is 4.79 Å². The number of aromatic hydroxyl groups is 2. The minimum atomic E-state index is -0.857. The van der Waals surface area contributed by atoms with Crippen LogP contribution in [-0.2, 0) is 22.4 Å². The van der Waals surface area contributed by atoms with Crippen LogP contribution in [0, 0.1) is 11.8 Å². The molecule has 0 radical (unpaired) electrons. The average molecular weight is 364 g/mol. The molecule has 26 heavy (non-hydrogen) atoms. The zero-order valence-electron chi connectivity index (χ0n) is 20.3. The summed E-state index contributed by atoms with van der Waals surface area (Å²) in [4.78, 5) is 12.5. The van der Waals surface area contributed by atoms with Crippen molar-refractivity contribution in [3.05, 3.63) is 47.4 Å². The first kappa shape index (κ1) is 11.7. The molecule has 2 aromatic rings. The molecule has 138 valence electrons. The van der Waals surface area contributed by atoms with Gasteiger partial charge in [0.05, 0.1) is 35.0 Å². The maximum atomic E-state index is 12.5. The molecular weight excluding hydrogens is 336 g/mol. The first-order valence-corrected chi connectivity index (χ1v) is 7.92. The summed E-state index contributed by atoms with van der Waals surface area (Å²) in [5.41, 5.74) is 0.125. The maximum absolute atomic E-state index is 12.5. The molecule has 6 heteroatoms. The number of hydrogen-bond acceptors (Lipinski definition) is 6. The minimum absolute atomic E-state index is 0.0137. The van der Waals surface area contributed by atoms with Crippen LogP contribution in [0.3, 0.4) is 0 Å². The van der Waals surface area contributed by atoms with Crippen molar-refractivity contribution in [3.8, 4) is 23.0 Å². The van der Waals surface area contributed by atoms with Gasteiger partial charge in [-0.25, -0.2) is 0 Å². The van der Waals surface area contributed by atoms with Crippen molar-refractivity contribution in [1.29, 1.82) is 0 Å². The van der Waals surface area contributed by atoms with Crippen LogP contribution >= 0.6 is 0 Å². The fourth-order valence-electron chi connectivity index (χ4n) is 2.88. The van der Waals surface area contributed by atoms with Crippen LogP contribution in [-0.4, -0.2) is 37.0 Å². The molecular formula is C20H22O6. The molecule has 1 aliphatic rings. The summed E-state index contributed by atoms with van der Waals surface area (Å²) >= 11 is 0. The average Bonchev–Trinajstić information content (AvgIpc) is 3.11. The van der Waals surface area contributed by atoms with Crippen LogP contribution in [0.15, 0.2) is 36.3 Å². The van der Waals surface area contributed by atoms with Gasteiger partial charge < -0.3 is 24.4 Å². The Morgan fingerprint density at radius 1 is 1.04 bits per heavy atom. The quantitative estimate of drug-likeness (QED) is 0.767. The molecule has 0 amide bonds. The van der Waals surface area contributed by atoms with Crippen LogP contribution in [0.25, 0.3) is 0 Å². The van der Waals surface area contributed by atoms with Crippen molar-refractivity contribution in [1.82, 2.24) is 0 Å². The third-order valence-electron chi connectivity index (χ3n) is 4.23. The van der Waals surface area contributed by atoms with E-state index in [9.17, 15) is 15.0 Å². The van der Waals surface area contributed by atoms with Gasteiger partial charge in [0.25, 0.3) is 0 Å². The molecule has 2 N–H and O–H groups in total. The summed E-state index contributed by atoms with van der Waals surface area (Å²) in [6, 6.07) is -2.39. The molecule has 0 aliphatic carbocycles. The molecule has 3 rings (SSSR count). The Morgan fingerprint density at radius 2 is 1.58 bits per heavy atom. The number of carbonyl (C=O) groups excluding carboxylic acids is 1. The van der Waals surface area contributed by atoms with Gasteiger partial charge in [-0.15, -0.1) is 0 Å². The Morgan fingerprint density at radius 3 is 2.12 bits per heavy atom. The standard InChI is InChI=1S/C20H22O6/c1-24-18-9-12(3-5-16(18)21)7-14-11-26-20(23)15(14)8-13-4-6-17(22)19(10-13)25-2/h3-6,9-10,14-15,21-22H,7-8,11H2,1-2H3/i3D,4D,5D,6D,9D,10D. The van der Waals surface area contributed by atoms with E-state index in [0.29, 0.717) is 0 Å². The van der Waals surface area contributed by atoms with Gasteiger partial charge in [-0.05, 0) is 48.1 Å². The van der Waals surface area contributed by atoms with Crippen molar-refractivity contribution in [2.24, 2.45) is 11.8 Å². The first-order chi connectivity index (χ1) is 15.0. The predicted octanol–water partition coefficient (Wildman–Crippen LogP) is 2.69. The van der Waals surface area contributed by atoms with Crippen LogP contribution in [0.5, 0.6) is 23.0 Å². The van der Waals surface area contributed by atoms with Gasteiger partial charge in [-0.1, -0.05) is 12.1 Å². The van der Waals surface area contributed by atoms with E-state index in [1.54, 1.807) is 0 Å². The van der Waals surface area contributed by atoms with Crippen molar-refractivity contribution in [3.63, 3.8) is 0 Å². The van der Waals surface area contributed by atoms with Crippen LogP contribution in [0.2, 0.25) is 0 Å². The zero-order chi connectivity index (χ0) is 23.9. The number of methoxy groups -OCH3 is 2. The molecule has 0 saturated carbocycles. The molecule has 2 unspecified atom stereocenters. The second-order valence-electron chi connectivity index (χ2n) is 5.88. The number of phenols is 2. The monoisotopic (exact) mass is 364 g/mol. The normalized spacial score (nSPS) is 22.5.